The van der Waals surface area contributed by atoms with Crippen LogP contribution in [0.1, 0.15) is 12.5 Å². The topological polar surface area (TPSA) is 88.6 Å². The van der Waals surface area contributed by atoms with E-state index in [2.05, 4.69) is 10.3 Å². The van der Waals surface area contributed by atoms with Crippen LogP contribution in [0.2, 0.25) is 0 Å². The zero-order chi connectivity index (χ0) is 22.4. The molecule has 0 atom stereocenters. The fraction of sp³-hybridized carbons (Fsp3) is 0.182. The Labute approximate surface area is 186 Å². The zero-order valence-corrected chi connectivity index (χ0v) is 19.0. The van der Waals surface area contributed by atoms with Crippen molar-refractivity contribution in [1.82, 2.24) is 4.98 Å². The maximum atomic E-state index is 12.3. The molecule has 162 valence electrons. The molecular formula is C22H23N3O4S2. The van der Waals surface area contributed by atoms with Crippen LogP contribution < -0.4 is 14.4 Å². The molecule has 0 aliphatic rings. The molecule has 7 nitrogen and oxygen atoms in total. The summed E-state index contributed by atoms with van der Waals surface area (Å²) in [6.45, 7) is 2.45. The molecule has 1 heterocycles. The number of nitrogens with one attached hydrogen (secondary N) is 1. The number of carbonyl (C=O) groups is 1. The molecular weight excluding hydrogens is 434 g/mol. The number of benzene rings is 2. The van der Waals surface area contributed by atoms with Crippen LogP contribution in [-0.2, 0) is 14.8 Å². The number of sulfonamides is 1. The lowest BCUT2D eigenvalue weighted by Crippen LogP contribution is -2.24. The van der Waals surface area contributed by atoms with E-state index in [1.54, 1.807) is 30.3 Å². The highest BCUT2D eigenvalue weighted by molar-refractivity contribution is 7.92. The molecule has 0 radical (unpaired) electrons. The van der Waals surface area contributed by atoms with E-state index in [0.29, 0.717) is 23.1 Å². The largest absolute Gasteiger partial charge is 0.493 e. The highest BCUT2D eigenvalue weighted by Gasteiger charge is 2.12. The summed E-state index contributed by atoms with van der Waals surface area (Å²) in [6.07, 6.45) is 4.29. The average molecular weight is 458 g/mol. The molecule has 1 amide bonds. The lowest BCUT2D eigenvalue weighted by Gasteiger charge is -2.16. The highest BCUT2D eigenvalue weighted by atomic mass is 32.2. The molecule has 0 fully saturated rings. The summed E-state index contributed by atoms with van der Waals surface area (Å²) in [7, 11) is -1.82. The van der Waals surface area contributed by atoms with E-state index < -0.39 is 10.0 Å². The predicted molar refractivity (Wildman–Crippen MR) is 126 cm³/mol. The van der Waals surface area contributed by atoms with Gasteiger partial charge in [0.1, 0.15) is 5.75 Å². The second kappa shape index (κ2) is 9.76. The van der Waals surface area contributed by atoms with Crippen LogP contribution >= 0.6 is 11.3 Å². The standard InChI is InChI=1S/C22H23N3O4S2/c1-4-29-20-8-6-5-7-17(20)11-14-21(26)24-22-23-19(15-30-22)16-9-12-18(13-10-16)25(2)31(3,27)28/h5-15H,4H2,1-3H3,(H,23,24,26)/b14-11+. The summed E-state index contributed by atoms with van der Waals surface area (Å²) in [5.74, 6) is 0.424. The van der Waals surface area contributed by atoms with Gasteiger partial charge in [0.2, 0.25) is 15.9 Å². The molecule has 0 saturated carbocycles. The summed E-state index contributed by atoms with van der Waals surface area (Å²) >= 11 is 1.31. The van der Waals surface area contributed by atoms with Gasteiger partial charge in [-0.05, 0) is 31.2 Å². The summed E-state index contributed by atoms with van der Waals surface area (Å²) in [5.41, 5.74) is 2.90. The molecule has 0 spiro atoms. The number of carbonyl (C=O) groups excluding carboxylic acids is 1. The minimum absolute atomic E-state index is 0.294. The van der Waals surface area contributed by atoms with Gasteiger partial charge in [0.25, 0.3) is 0 Å². The van der Waals surface area contributed by atoms with Crippen molar-refractivity contribution in [2.45, 2.75) is 6.92 Å². The third-order valence-corrected chi connectivity index (χ3v) is 6.36. The van der Waals surface area contributed by atoms with Crippen molar-refractivity contribution in [2.75, 3.05) is 29.5 Å². The van der Waals surface area contributed by atoms with Crippen LogP contribution in [0.5, 0.6) is 5.75 Å². The first-order valence-electron chi connectivity index (χ1n) is 9.48. The monoisotopic (exact) mass is 457 g/mol. The van der Waals surface area contributed by atoms with E-state index in [0.717, 1.165) is 23.1 Å². The summed E-state index contributed by atoms with van der Waals surface area (Å²) in [4.78, 5) is 16.7. The third kappa shape index (κ3) is 5.93. The fourth-order valence-electron chi connectivity index (χ4n) is 2.72. The first-order valence-corrected chi connectivity index (χ1v) is 12.2. The number of para-hydroxylation sites is 1. The lowest BCUT2D eigenvalue weighted by atomic mass is 10.1. The van der Waals surface area contributed by atoms with Crippen LogP contribution in [0.4, 0.5) is 10.8 Å². The fourth-order valence-corrected chi connectivity index (χ4v) is 3.94. The minimum Gasteiger partial charge on any atom is -0.493 e. The van der Waals surface area contributed by atoms with Crippen LogP contribution in [0, 0.1) is 0 Å². The molecule has 31 heavy (non-hydrogen) atoms. The lowest BCUT2D eigenvalue weighted by molar-refractivity contribution is -0.111. The minimum atomic E-state index is -3.32. The SMILES string of the molecule is CCOc1ccccc1/C=C/C(=O)Nc1nc(-c2ccc(N(C)S(C)(=O)=O)cc2)cs1. The van der Waals surface area contributed by atoms with Crippen LogP contribution in [-0.4, -0.2) is 39.2 Å². The van der Waals surface area contributed by atoms with E-state index in [-0.39, 0.29) is 5.91 Å². The van der Waals surface area contributed by atoms with Gasteiger partial charge in [-0.3, -0.25) is 14.4 Å². The molecule has 3 rings (SSSR count). The molecule has 2 aromatic carbocycles. The third-order valence-electron chi connectivity index (χ3n) is 4.39. The number of amides is 1. The Balaban J connectivity index is 1.67. The van der Waals surface area contributed by atoms with Crippen molar-refractivity contribution in [3.05, 3.63) is 65.6 Å². The Bertz CT molecular complexity index is 1190. The maximum Gasteiger partial charge on any atom is 0.250 e. The van der Waals surface area contributed by atoms with E-state index in [9.17, 15) is 13.2 Å². The quantitative estimate of drug-likeness (QED) is 0.511. The summed E-state index contributed by atoms with van der Waals surface area (Å²) < 4.78 is 30.1. The molecule has 9 heteroatoms. The zero-order valence-electron chi connectivity index (χ0n) is 17.4. The van der Waals surface area contributed by atoms with Gasteiger partial charge < -0.3 is 4.74 Å². The average Bonchev–Trinajstić information content (AvgIpc) is 3.20. The first-order chi connectivity index (χ1) is 14.8. The molecule has 3 aromatic rings. The van der Waals surface area contributed by atoms with Crippen molar-refractivity contribution >= 4 is 44.2 Å². The summed E-state index contributed by atoms with van der Waals surface area (Å²) in [5, 5.41) is 5.06. The van der Waals surface area contributed by atoms with Crippen molar-refractivity contribution < 1.29 is 17.9 Å². The Kier molecular flexibility index (Phi) is 7.09. The molecule has 1 aromatic heterocycles. The second-order valence-corrected chi connectivity index (χ2v) is 9.48. The van der Waals surface area contributed by atoms with Gasteiger partial charge in [-0.2, -0.15) is 0 Å². The van der Waals surface area contributed by atoms with Gasteiger partial charge >= 0.3 is 0 Å². The number of ether oxygens (including phenoxy) is 1. The van der Waals surface area contributed by atoms with Gasteiger partial charge in [0.15, 0.2) is 5.13 Å². The molecule has 0 unspecified atom stereocenters. The Hall–Kier alpha value is -3.17. The molecule has 0 aliphatic heterocycles. The number of hydrogen-bond acceptors (Lipinski definition) is 6. The number of anilines is 2. The number of thiazole rings is 1. The summed E-state index contributed by atoms with van der Waals surface area (Å²) in [6, 6.07) is 14.5. The van der Waals surface area contributed by atoms with E-state index in [1.807, 2.05) is 36.6 Å². The van der Waals surface area contributed by atoms with Gasteiger partial charge in [0.05, 0.1) is 24.2 Å². The van der Waals surface area contributed by atoms with Gasteiger partial charge in [-0.1, -0.05) is 30.3 Å². The molecule has 0 aliphatic carbocycles. The predicted octanol–water partition coefficient (Wildman–Crippen LogP) is 4.26. The smallest absolute Gasteiger partial charge is 0.250 e. The molecule has 0 bridgehead atoms. The maximum absolute atomic E-state index is 12.3. The van der Waals surface area contributed by atoms with Crippen molar-refractivity contribution in [3.8, 4) is 17.0 Å². The molecule has 0 saturated heterocycles. The normalized spacial score (nSPS) is 11.5. The van der Waals surface area contributed by atoms with E-state index >= 15 is 0 Å². The number of rotatable bonds is 8. The number of aromatic nitrogens is 1. The Morgan fingerprint density at radius 1 is 1.19 bits per heavy atom. The van der Waals surface area contributed by atoms with Gasteiger partial charge in [0, 0.05) is 29.6 Å². The second-order valence-electron chi connectivity index (χ2n) is 6.61. The highest BCUT2D eigenvalue weighted by Crippen LogP contribution is 2.27. The van der Waals surface area contributed by atoms with E-state index in [4.69, 9.17) is 4.74 Å². The van der Waals surface area contributed by atoms with E-state index in [1.165, 1.54) is 28.8 Å². The van der Waals surface area contributed by atoms with Crippen molar-refractivity contribution in [2.24, 2.45) is 0 Å². The molecule has 1 N–H and O–H groups in total. The van der Waals surface area contributed by atoms with Crippen LogP contribution in [0.3, 0.4) is 0 Å². The van der Waals surface area contributed by atoms with Crippen molar-refractivity contribution in [3.63, 3.8) is 0 Å². The van der Waals surface area contributed by atoms with Crippen molar-refractivity contribution in [1.29, 1.82) is 0 Å². The van der Waals surface area contributed by atoms with Crippen LogP contribution in [0.15, 0.2) is 60.0 Å². The van der Waals surface area contributed by atoms with Crippen LogP contribution in [0.25, 0.3) is 17.3 Å². The Morgan fingerprint density at radius 3 is 2.58 bits per heavy atom. The number of hydrogen-bond donors (Lipinski definition) is 1. The Morgan fingerprint density at radius 2 is 1.90 bits per heavy atom. The van der Waals surface area contributed by atoms with Gasteiger partial charge in [-0.15, -0.1) is 11.3 Å². The van der Waals surface area contributed by atoms with Gasteiger partial charge in [-0.25, -0.2) is 13.4 Å². The number of nitrogens with zero attached hydrogens (tertiary/aromatic N) is 2. The first kappa shape index (κ1) is 22.5.